The summed E-state index contributed by atoms with van der Waals surface area (Å²) in [6.45, 7) is 0. The zero-order valence-electron chi connectivity index (χ0n) is 3.76. The van der Waals surface area contributed by atoms with Crippen molar-refractivity contribution in [3.05, 3.63) is 12.2 Å². The fourth-order valence-corrected chi connectivity index (χ4v) is 0.549. The molecule has 0 aromatic carbocycles. The first-order valence-electron chi connectivity index (χ1n) is 2.16. The molecule has 1 aliphatic rings. The van der Waals surface area contributed by atoms with Crippen LogP contribution >= 0.6 is 0 Å². The van der Waals surface area contributed by atoms with Crippen LogP contribution in [0.5, 0.6) is 0 Å². The van der Waals surface area contributed by atoms with Crippen molar-refractivity contribution in [2.75, 3.05) is 0 Å². The van der Waals surface area contributed by atoms with Gasteiger partial charge in [0.05, 0.1) is 0 Å². The third-order valence-corrected chi connectivity index (χ3v) is 0.899. The van der Waals surface area contributed by atoms with Crippen LogP contribution in [0.4, 0.5) is 0 Å². The van der Waals surface area contributed by atoms with E-state index in [1.165, 1.54) is 12.2 Å². The van der Waals surface area contributed by atoms with Crippen LogP contribution in [0.1, 0.15) is 6.42 Å². The van der Waals surface area contributed by atoms with Crippen LogP contribution in [0.2, 0.25) is 0 Å². The lowest BCUT2D eigenvalue weighted by Gasteiger charge is -1.84. The van der Waals surface area contributed by atoms with E-state index in [1.807, 2.05) is 0 Å². The molecular weight excluding hydrogens is 92.1 g/mol. The Kier molecular flexibility index (Phi) is 0.947. The minimum Gasteiger partial charge on any atom is -0.295 e. The average Bonchev–Trinajstić information content (AvgIpc) is 1.87. The average molecular weight is 97.1 g/mol. The molecule has 1 unspecified atom stereocenters. The fourth-order valence-electron chi connectivity index (χ4n) is 0.549. The first-order valence-corrected chi connectivity index (χ1v) is 2.16. The quantitative estimate of drug-likeness (QED) is 0.428. The summed E-state index contributed by atoms with van der Waals surface area (Å²) in [5.74, 6) is -0.0417. The molecule has 0 aromatic heterocycles. The molecule has 1 rings (SSSR count). The van der Waals surface area contributed by atoms with Crippen molar-refractivity contribution >= 4 is 5.78 Å². The number of allylic oxidation sites excluding steroid dienone is 1. The van der Waals surface area contributed by atoms with E-state index in [1.54, 1.807) is 0 Å². The number of ketones is 1. The zero-order chi connectivity index (χ0) is 5.28. The summed E-state index contributed by atoms with van der Waals surface area (Å²) in [6, 6.07) is 0. The van der Waals surface area contributed by atoms with E-state index >= 15 is 0 Å². The Balaban J connectivity index is 2.58. The Morgan fingerprint density at radius 2 is 2.43 bits per heavy atom. The van der Waals surface area contributed by atoms with Gasteiger partial charge in [-0.2, -0.15) is 0 Å². The van der Waals surface area contributed by atoms with Gasteiger partial charge in [-0.05, 0) is 12.2 Å². The normalized spacial score (nSPS) is 29.3. The molecule has 1 radical (unpaired) electrons. The second kappa shape index (κ2) is 1.46. The topological polar surface area (TPSA) is 37.0 Å². The fraction of sp³-hybridized carbons (Fsp3) is 0.400. The lowest BCUT2D eigenvalue weighted by Crippen LogP contribution is -1.97. The first kappa shape index (κ1) is 4.53. The van der Waals surface area contributed by atoms with Gasteiger partial charge in [-0.25, -0.2) is 5.11 Å². The number of rotatable bonds is 0. The van der Waals surface area contributed by atoms with Crippen molar-refractivity contribution in [2.24, 2.45) is 0 Å². The van der Waals surface area contributed by atoms with Gasteiger partial charge in [0, 0.05) is 6.42 Å². The first-order chi connectivity index (χ1) is 3.29. The maximum Gasteiger partial charge on any atom is 0.158 e. The molecule has 2 heteroatoms. The summed E-state index contributed by atoms with van der Waals surface area (Å²) in [5.41, 5.74) is 0. The van der Waals surface area contributed by atoms with Gasteiger partial charge in [0.25, 0.3) is 0 Å². The number of hydrogen-bond donors (Lipinski definition) is 0. The molecular formula is C5H5O2. The van der Waals surface area contributed by atoms with E-state index in [2.05, 4.69) is 0 Å². The molecule has 0 spiro atoms. The largest absolute Gasteiger partial charge is 0.295 e. The van der Waals surface area contributed by atoms with Crippen LogP contribution in [0, 0.1) is 0 Å². The molecule has 2 nitrogen and oxygen atoms in total. The zero-order valence-corrected chi connectivity index (χ0v) is 3.76. The summed E-state index contributed by atoms with van der Waals surface area (Å²) >= 11 is 0. The second-order valence-corrected chi connectivity index (χ2v) is 1.57. The Bertz CT molecular complexity index is 115. The second-order valence-electron chi connectivity index (χ2n) is 1.57. The molecule has 0 fully saturated rings. The highest BCUT2D eigenvalue weighted by atomic mass is 16.3. The molecule has 37 valence electrons. The molecule has 0 saturated carbocycles. The summed E-state index contributed by atoms with van der Waals surface area (Å²) in [5, 5.41) is 10.2. The van der Waals surface area contributed by atoms with Crippen LogP contribution in [0.25, 0.3) is 0 Å². The smallest absolute Gasteiger partial charge is 0.158 e. The van der Waals surface area contributed by atoms with Crippen LogP contribution in [0.3, 0.4) is 0 Å². The molecule has 0 N–H and O–H groups in total. The predicted octanol–water partition coefficient (Wildman–Crippen LogP) is 0.314. The minimum absolute atomic E-state index is 0.0417. The number of carbonyl (C=O) groups excluding carboxylic acids is 1. The third-order valence-electron chi connectivity index (χ3n) is 0.899. The molecule has 1 aliphatic carbocycles. The number of hydrogen-bond acceptors (Lipinski definition) is 1. The summed E-state index contributed by atoms with van der Waals surface area (Å²) < 4.78 is 0. The molecule has 1 atom stereocenters. The maximum absolute atomic E-state index is 10.2. The van der Waals surface area contributed by atoms with Gasteiger partial charge in [-0.15, -0.1) is 0 Å². The van der Waals surface area contributed by atoms with Crippen molar-refractivity contribution in [3.8, 4) is 0 Å². The molecule has 7 heavy (non-hydrogen) atoms. The van der Waals surface area contributed by atoms with Crippen molar-refractivity contribution < 1.29 is 9.90 Å². The SMILES string of the molecule is [O]C1C=CC(=O)C1. The minimum atomic E-state index is -0.757. The van der Waals surface area contributed by atoms with Crippen molar-refractivity contribution in [1.29, 1.82) is 0 Å². The molecule has 0 aromatic rings. The lowest BCUT2D eigenvalue weighted by molar-refractivity contribution is -0.115. The molecule has 0 aliphatic heterocycles. The van der Waals surface area contributed by atoms with Gasteiger partial charge in [-0.1, -0.05) is 0 Å². The lowest BCUT2D eigenvalue weighted by atomic mass is 10.3. The summed E-state index contributed by atoms with van der Waals surface area (Å²) in [7, 11) is 0. The van der Waals surface area contributed by atoms with E-state index in [0.29, 0.717) is 0 Å². The van der Waals surface area contributed by atoms with E-state index in [9.17, 15) is 9.90 Å². The van der Waals surface area contributed by atoms with E-state index in [4.69, 9.17) is 0 Å². The van der Waals surface area contributed by atoms with Crippen molar-refractivity contribution in [3.63, 3.8) is 0 Å². The van der Waals surface area contributed by atoms with Gasteiger partial charge in [0.2, 0.25) is 0 Å². The Hall–Kier alpha value is -0.630. The molecule has 0 amide bonds. The Morgan fingerprint density at radius 3 is 2.57 bits per heavy atom. The van der Waals surface area contributed by atoms with E-state index in [0.717, 1.165) is 0 Å². The molecule has 0 saturated heterocycles. The van der Waals surface area contributed by atoms with Gasteiger partial charge in [0.1, 0.15) is 6.10 Å². The highest BCUT2D eigenvalue weighted by molar-refractivity contribution is 5.92. The van der Waals surface area contributed by atoms with Gasteiger partial charge in [0.15, 0.2) is 5.78 Å². The Morgan fingerprint density at radius 1 is 1.71 bits per heavy atom. The van der Waals surface area contributed by atoms with Gasteiger partial charge >= 0.3 is 0 Å². The molecule has 0 bridgehead atoms. The van der Waals surface area contributed by atoms with Crippen LogP contribution in [-0.4, -0.2) is 11.9 Å². The Labute approximate surface area is 41.5 Å². The van der Waals surface area contributed by atoms with Crippen molar-refractivity contribution in [1.82, 2.24) is 0 Å². The van der Waals surface area contributed by atoms with Crippen LogP contribution < -0.4 is 0 Å². The van der Waals surface area contributed by atoms with Gasteiger partial charge in [-0.3, -0.25) is 4.79 Å². The van der Waals surface area contributed by atoms with E-state index < -0.39 is 6.10 Å². The predicted molar refractivity (Wildman–Crippen MR) is 23.2 cm³/mol. The monoisotopic (exact) mass is 97.0 g/mol. The van der Waals surface area contributed by atoms with Crippen molar-refractivity contribution in [2.45, 2.75) is 12.5 Å². The summed E-state index contributed by atoms with van der Waals surface area (Å²) in [4.78, 5) is 10.2. The number of carbonyl (C=O) groups is 1. The highest BCUT2D eigenvalue weighted by Gasteiger charge is 2.12. The van der Waals surface area contributed by atoms with Crippen LogP contribution in [0.15, 0.2) is 12.2 Å². The standard InChI is InChI=1S/C5H5O2/c6-4-1-2-5(7)3-4/h1-2,4H,3H2. The van der Waals surface area contributed by atoms with E-state index in [-0.39, 0.29) is 12.2 Å². The van der Waals surface area contributed by atoms with Gasteiger partial charge < -0.3 is 0 Å². The maximum atomic E-state index is 10.2. The third kappa shape index (κ3) is 0.871. The van der Waals surface area contributed by atoms with Crippen LogP contribution in [-0.2, 0) is 9.90 Å². The summed E-state index contributed by atoms with van der Waals surface area (Å²) in [6.07, 6.45) is 2.15. The molecule has 0 heterocycles. The highest BCUT2D eigenvalue weighted by Crippen LogP contribution is 2.04.